The number of nitrogens with one attached hydrogen (secondary N) is 1. The minimum atomic E-state index is -2.87. The second kappa shape index (κ2) is 7.77. The van der Waals surface area contributed by atoms with Gasteiger partial charge in [0, 0.05) is 11.1 Å². The highest BCUT2D eigenvalue weighted by atomic mass is 35.5. The van der Waals surface area contributed by atoms with Crippen LogP contribution in [0, 0.1) is 0 Å². The Morgan fingerprint density at radius 3 is 2.63 bits per heavy atom. The van der Waals surface area contributed by atoms with Crippen molar-refractivity contribution in [3.05, 3.63) is 45.4 Å². The molecule has 2 heterocycles. The minimum absolute atomic E-state index is 0.0691. The largest absolute Gasteiger partial charge is 0.435 e. The predicted octanol–water partition coefficient (Wildman–Crippen LogP) is 3.84. The molecule has 0 spiro atoms. The van der Waals surface area contributed by atoms with Crippen molar-refractivity contribution in [1.82, 2.24) is 15.2 Å². The Morgan fingerprint density at radius 2 is 2.04 bits per heavy atom. The average Bonchev–Trinajstić information content (AvgIpc) is 3.11. The summed E-state index contributed by atoms with van der Waals surface area (Å²) < 4.78 is 29.0. The van der Waals surface area contributed by atoms with Gasteiger partial charge in [0.15, 0.2) is 4.47 Å². The number of carbonyl (C=O) groups is 2. The van der Waals surface area contributed by atoms with E-state index >= 15 is 0 Å². The molecule has 2 aromatic rings. The molecular weight excluding hydrogens is 400 g/mol. The Labute approximate surface area is 163 Å². The lowest BCUT2D eigenvalue weighted by Gasteiger charge is -2.21. The van der Waals surface area contributed by atoms with Crippen molar-refractivity contribution < 1.29 is 23.1 Å². The number of ether oxygens (including phenoxy) is 1. The third-order valence-electron chi connectivity index (χ3n) is 4.25. The number of nitrogens with zero attached hydrogens (tertiary/aromatic N) is 2. The zero-order valence-corrected chi connectivity index (χ0v) is 15.8. The van der Waals surface area contributed by atoms with Crippen molar-refractivity contribution in [2.24, 2.45) is 0 Å². The third-order valence-corrected chi connectivity index (χ3v) is 5.35. The summed E-state index contributed by atoms with van der Waals surface area (Å²) in [6.07, 6.45) is 2.39. The number of carbonyl (C=O) groups excluding carboxylic acids is 2. The van der Waals surface area contributed by atoms with Gasteiger partial charge in [-0.25, -0.2) is 9.78 Å². The number of halogens is 3. The van der Waals surface area contributed by atoms with Crippen LogP contribution in [-0.4, -0.2) is 34.0 Å². The first-order chi connectivity index (χ1) is 12.8. The number of urea groups is 1. The van der Waals surface area contributed by atoms with Gasteiger partial charge in [0.25, 0.3) is 5.91 Å². The molecule has 0 aliphatic carbocycles. The van der Waals surface area contributed by atoms with Crippen LogP contribution in [0.15, 0.2) is 30.5 Å². The molecule has 1 aliphatic heterocycles. The first kappa shape index (κ1) is 19.5. The van der Waals surface area contributed by atoms with Gasteiger partial charge >= 0.3 is 12.6 Å². The number of rotatable bonds is 7. The predicted molar refractivity (Wildman–Crippen MR) is 96.0 cm³/mol. The third kappa shape index (κ3) is 4.54. The quantitative estimate of drug-likeness (QED) is 0.697. The molecule has 3 rings (SSSR count). The van der Waals surface area contributed by atoms with Crippen LogP contribution in [0.5, 0.6) is 5.75 Å². The van der Waals surface area contributed by atoms with Crippen LogP contribution in [0.3, 0.4) is 0 Å². The van der Waals surface area contributed by atoms with Gasteiger partial charge in [-0.2, -0.15) is 8.78 Å². The van der Waals surface area contributed by atoms with Crippen molar-refractivity contribution in [2.75, 3.05) is 0 Å². The Morgan fingerprint density at radius 1 is 1.33 bits per heavy atom. The van der Waals surface area contributed by atoms with Gasteiger partial charge in [-0.3, -0.25) is 9.69 Å². The van der Waals surface area contributed by atoms with Gasteiger partial charge in [-0.15, -0.1) is 11.3 Å². The van der Waals surface area contributed by atoms with Gasteiger partial charge in [-0.05, 0) is 37.5 Å². The highest BCUT2D eigenvalue weighted by molar-refractivity contribution is 7.15. The lowest BCUT2D eigenvalue weighted by Crippen LogP contribution is -2.44. The van der Waals surface area contributed by atoms with Gasteiger partial charge in [0.2, 0.25) is 0 Å². The number of aryl methyl sites for hydroxylation is 1. The maximum Gasteiger partial charge on any atom is 0.387 e. The van der Waals surface area contributed by atoms with Gasteiger partial charge < -0.3 is 10.1 Å². The molecule has 0 unspecified atom stereocenters. The Hall–Kier alpha value is -2.26. The van der Waals surface area contributed by atoms with Gasteiger partial charge in [0.05, 0.1) is 6.54 Å². The fourth-order valence-corrected chi connectivity index (χ4v) is 3.77. The van der Waals surface area contributed by atoms with Crippen molar-refractivity contribution in [1.29, 1.82) is 0 Å². The fraction of sp³-hybridized carbons (Fsp3) is 0.353. The van der Waals surface area contributed by atoms with E-state index in [9.17, 15) is 18.4 Å². The maximum absolute atomic E-state index is 12.7. The zero-order chi connectivity index (χ0) is 19.6. The average molecular weight is 416 g/mol. The topological polar surface area (TPSA) is 71.5 Å². The van der Waals surface area contributed by atoms with Crippen LogP contribution in [0.25, 0.3) is 0 Å². The summed E-state index contributed by atoms with van der Waals surface area (Å²) in [7, 11) is 0. The van der Waals surface area contributed by atoms with E-state index in [1.165, 1.54) is 29.7 Å². The van der Waals surface area contributed by atoms with Crippen molar-refractivity contribution in [2.45, 2.75) is 38.5 Å². The van der Waals surface area contributed by atoms with E-state index in [1.807, 2.05) is 0 Å². The maximum atomic E-state index is 12.7. The second-order valence-corrected chi connectivity index (χ2v) is 7.95. The van der Waals surface area contributed by atoms with Crippen LogP contribution in [0.4, 0.5) is 13.6 Å². The minimum Gasteiger partial charge on any atom is -0.435 e. The summed E-state index contributed by atoms with van der Waals surface area (Å²) in [5.74, 6) is -0.255. The number of thiazole rings is 1. The molecule has 1 aliphatic rings. The van der Waals surface area contributed by atoms with E-state index in [1.54, 1.807) is 19.1 Å². The molecule has 6 nitrogen and oxygen atoms in total. The SMILES string of the molecule is C[C@]1(CCc2ccc(OC(F)F)cc2)NC(=O)N(Cc2cnc(Cl)s2)C1=O. The Balaban J connectivity index is 1.62. The first-order valence-electron chi connectivity index (χ1n) is 8.05. The molecule has 144 valence electrons. The highest BCUT2D eigenvalue weighted by Gasteiger charge is 2.47. The molecule has 1 N–H and O–H groups in total. The molecule has 1 saturated heterocycles. The standard InChI is InChI=1S/C17H16ClF2N3O3S/c1-17(7-6-10-2-4-11(5-3-10)26-15(19)20)13(24)23(16(25)22-17)9-12-8-21-14(18)27-12/h2-5,8,15H,6-7,9H2,1H3,(H,22,25)/t17-/m1/s1. The molecule has 27 heavy (non-hydrogen) atoms. The van der Waals surface area contributed by atoms with E-state index in [4.69, 9.17) is 11.6 Å². The Kier molecular flexibility index (Phi) is 5.61. The van der Waals surface area contributed by atoms with Crippen molar-refractivity contribution >= 4 is 34.9 Å². The number of alkyl halides is 2. The summed E-state index contributed by atoms with van der Waals surface area (Å²) in [5.41, 5.74) is -0.198. The summed E-state index contributed by atoms with van der Waals surface area (Å²) >= 11 is 6.99. The number of imide groups is 1. The zero-order valence-electron chi connectivity index (χ0n) is 14.2. The number of aromatic nitrogens is 1. The first-order valence-corrected chi connectivity index (χ1v) is 9.24. The smallest absolute Gasteiger partial charge is 0.387 e. The summed E-state index contributed by atoms with van der Waals surface area (Å²) in [6.45, 7) is -1.09. The van der Waals surface area contributed by atoms with E-state index in [0.717, 1.165) is 10.5 Å². The number of hydrogen-bond acceptors (Lipinski definition) is 5. The lowest BCUT2D eigenvalue weighted by atomic mass is 9.93. The Bertz CT molecular complexity index is 846. The van der Waals surface area contributed by atoms with Crippen LogP contribution < -0.4 is 10.1 Å². The van der Waals surface area contributed by atoms with Crippen LogP contribution in [0.1, 0.15) is 23.8 Å². The highest BCUT2D eigenvalue weighted by Crippen LogP contribution is 2.27. The molecule has 1 aromatic carbocycles. The van der Waals surface area contributed by atoms with Gasteiger partial charge in [0.1, 0.15) is 11.3 Å². The normalized spacial score (nSPS) is 19.7. The fourth-order valence-electron chi connectivity index (χ4n) is 2.80. The van der Waals surface area contributed by atoms with E-state index in [2.05, 4.69) is 15.0 Å². The van der Waals surface area contributed by atoms with Crippen LogP contribution >= 0.6 is 22.9 Å². The molecule has 1 fully saturated rings. The van der Waals surface area contributed by atoms with E-state index in [-0.39, 0.29) is 18.2 Å². The van der Waals surface area contributed by atoms with Crippen LogP contribution in [-0.2, 0) is 17.8 Å². The van der Waals surface area contributed by atoms with E-state index < -0.39 is 18.2 Å². The number of benzene rings is 1. The van der Waals surface area contributed by atoms with Crippen LogP contribution in [0.2, 0.25) is 4.47 Å². The molecule has 0 saturated carbocycles. The number of hydrogen-bond donors (Lipinski definition) is 1. The molecule has 10 heteroatoms. The molecule has 1 atom stereocenters. The molecule has 0 radical (unpaired) electrons. The van der Waals surface area contributed by atoms with Crippen molar-refractivity contribution in [3.8, 4) is 5.75 Å². The number of amides is 3. The summed E-state index contributed by atoms with van der Waals surface area (Å²) in [5, 5.41) is 2.73. The molecular formula is C17H16ClF2N3O3S. The monoisotopic (exact) mass is 415 g/mol. The van der Waals surface area contributed by atoms with Gasteiger partial charge in [-0.1, -0.05) is 23.7 Å². The van der Waals surface area contributed by atoms with E-state index in [0.29, 0.717) is 22.2 Å². The lowest BCUT2D eigenvalue weighted by molar-refractivity contribution is -0.131. The van der Waals surface area contributed by atoms with Crippen molar-refractivity contribution in [3.63, 3.8) is 0 Å². The second-order valence-electron chi connectivity index (χ2n) is 6.26. The molecule has 1 aromatic heterocycles. The molecule has 3 amide bonds. The molecule has 0 bridgehead atoms. The summed E-state index contributed by atoms with van der Waals surface area (Å²) in [4.78, 5) is 30.7. The summed E-state index contributed by atoms with van der Waals surface area (Å²) in [6, 6.07) is 5.73.